The second-order valence-corrected chi connectivity index (χ2v) is 7.66. The van der Waals surface area contributed by atoms with Gasteiger partial charge in [-0.1, -0.05) is 46.3 Å². The molecule has 0 saturated carbocycles. The van der Waals surface area contributed by atoms with E-state index in [1.54, 1.807) is 4.90 Å². The fourth-order valence-electron chi connectivity index (χ4n) is 3.35. The Morgan fingerprint density at radius 1 is 0.897 bits per heavy atom. The Balaban J connectivity index is 1.57. The van der Waals surface area contributed by atoms with Crippen molar-refractivity contribution in [1.82, 2.24) is 9.80 Å². The summed E-state index contributed by atoms with van der Waals surface area (Å²) in [4.78, 5) is 28.1. The van der Waals surface area contributed by atoms with Crippen LogP contribution in [0.5, 0.6) is 0 Å². The summed E-state index contributed by atoms with van der Waals surface area (Å²) in [6.07, 6.45) is -3.65. The quantitative estimate of drug-likeness (QED) is 0.667. The number of carbonyl (C=O) groups excluding carboxylic acids is 2. The van der Waals surface area contributed by atoms with Gasteiger partial charge in [-0.05, 0) is 30.2 Å². The van der Waals surface area contributed by atoms with Crippen molar-refractivity contribution < 1.29 is 22.8 Å². The molecule has 0 radical (unpaired) electrons. The molecule has 29 heavy (non-hydrogen) atoms. The average Bonchev–Trinajstić information content (AvgIpc) is 2.72. The summed E-state index contributed by atoms with van der Waals surface area (Å²) in [6, 6.07) is 12.5. The lowest BCUT2D eigenvalue weighted by Crippen LogP contribution is -2.50. The number of amides is 2. The molecule has 0 aromatic heterocycles. The van der Waals surface area contributed by atoms with Crippen molar-refractivity contribution >= 4 is 27.7 Å². The lowest BCUT2D eigenvalue weighted by atomic mass is 10.1. The van der Waals surface area contributed by atoms with Crippen LogP contribution >= 0.6 is 15.9 Å². The van der Waals surface area contributed by atoms with Gasteiger partial charge in [0.05, 0.1) is 11.1 Å². The molecule has 0 unspecified atom stereocenters. The Bertz CT molecular complexity index is 893. The molecule has 4 nitrogen and oxygen atoms in total. The van der Waals surface area contributed by atoms with Crippen LogP contribution in [0.1, 0.15) is 27.9 Å². The predicted octanol–water partition coefficient (Wildman–Crippen LogP) is 4.39. The number of halogens is 4. The standard InChI is InChI=1S/C21H20BrF3N2O2/c22-18-8-4-1-5-15(18)9-10-19(28)26-11-13-27(14-12-26)20(29)16-6-2-3-7-17(16)21(23,24)25/h1-8H,9-14H2. The van der Waals surface area contributed by atoms with Gasteiger partial charge in [-0.25, -0.2) is 0 Å². The first-order valence-electron chi connectivity index (χ1n) is 9.24. The maximum Gasteiger partial charge on any atom is 0.417 e. The summed E-state index contributed by atoms with van der Waals surface area (Å²) in [5.41, 5.74) is -0.246. The van der Waals surface area contributed by atoms with Gasteiger partial charge >= 0.3 is 6.18 Å². The van der Waals surface area contributed by atoms with E-state index in [9.17, 15) is 22.8 Å². The van der Waals surface area contributed by atoms with Crippen LogP contribution in [0.3, 0.4) is 0 Å². The number of rotatable bonds is 4. The minimum Gasteiger partial charge on any atom is -0.339 e. The Kier molecular flexibility index (Phi) is 6.62. The van der Waals surface area contributed by atoms with Gasteiger partial charge in [-0.3, -0.25) is 9.59 Å². The third kappa shape index (κ3) is 5.18. The molecule has 3 rings (SSSR count). The molecule has 8 heteroatoms. The fourth-order valence-corrected chi connectivity index (χ4v) is 3.83. The van der Waals surface area contributed by atoms with Gasteiger partial charge in [0.1, 0.15) is 0 Å². The molecule has 0 bridgehead atoms. The van der Waals surface area contributed by atoms with E-state index in [4.69, 9.17) is 0 Å². The van der Waals surface area contributed by atoms with Crippen LogP contribution in [0, 0.1) is 0 Å². The maximum absolute atomic E-state index is 13.2. The maximum atomic E-state index is 13.2. The first kappa shape index (κ1) is 21.4. The van der Waals surface area contributed by atoms with Crippen LogP contribution in [0.2, 0.25) is 0 Å². The Hall–Kier alpha value is -2.35. The molecular formula is C21H20BrF3N2O2. The molecule has 0 spiro atoms. The van der Waals surface area contributed by atoms with Gasteiger partial charge in [0, 0.05) is 37.1 Å². The smallest absolute Gasteiger partial charge is 0.339 e. The third-order valence-corrected chi connectivity index (χ3v) is 5.72. The molecule has 0 N–H and O–H groups in total. The zero-order chi connectivity index (χ0) is 21.0. The Morgan fingerprint density at radius 3 is 2.14 bits per heavy atom. The van der Waals surface area contributed by atoms with E-state index in [2.05, 4.69) is 15.9 Å². The SMILES string of the molecule is O=C(CCc1ccccc1Br)N1CCN(C(=O)c2ccccc2C(F)(F)F)CC1. The second kappa shape index (κ2) is 8.98. The summed E-state index contributed by atoms with van der Waals surface area (Å²) in [6.45, 7) is 1.06. The highest BCUT2D eigenvalue weighted by molar-refractivity contribution is 9.10. The monoisotopic (exact) mass is 468 g/mol. The van der Waals surface area contributed by atoms with Crippen LogP contribution < -0.4 is 0 Å². The first-order chi connectivity index (χ1) is 13.8. The molecule has 2 aromatic carbocycles. The minimum absolute atomic E-state index is 0.0245. The Labute approximate surface area is 175 Å². The third-order valence-electron chi connectivity index (χ3n) is 4.95. The number of carbonyl (C=O) groups is 2. The van der Waals surface area contributed by atoms with Crippen molar-refractivity contribution in [2.45, 2.75) is 19.0 Å². The van der Waals surface area contributed by atoms with Crippen molar-refractivity contribution in [2.75, 3.05) is 26.2 Å². The van der Waals surface area contributed by atoms with E-state index in [-0.39, 0.29) is 24.6 Å². The molecule has 1 heterocycles. The van der Waals surface area contributed by atoms with Crippen molar-refractivity contribution in [2.24, 2.45) is 0 Å². The van der Waals surface area contributed by atoms with Gasteiger partial charge in [-0.15, -0.1) is 0 Å². The van der Waals surface area contributed by atoms with E-state index in [0.29, 0.717) is 25.9 Å². The van der Waals surface area contributed by atoms with E-state index in [1.165, 1.54) is 23.1 Å². The van der Waals surface area contributed by atoms with Crippen LogP contribution in [-0.2, 0) is 17.4 Å². The lowest BCUT2D eigenvalue weighted by Gasteiger charge is -2.35. The largest absolute Gasteiger partial charge is 0.417 e. The molecule has 154 valence electrons. The minimum atomic E-state index is -4.59. The second-order valence-electron chi connectivity index (χ2n) is 6.81. The highest BCUT2D eigenvalue weighted by atomic mass is 79.9. The van der Waals surface area contributed by atoms with Crippen molar-refractivity contribution in [3.8, 4) is 0 Å². The number of alkyl halides is 3. The Morgan fingerprint density at radius 2 is 1.48 bits per heavy atom. The molecule has 2 amide bonds. The number of piperazine rings is 1. The van der Waals surface area contributed by atoms with Crippen molar-refractivity contribution in [1.29, 1.82) is 0 Å². The molecule has 2 aromatic rings. The van der Waals surface area contributed by atoms with Gasteiger partial charge in [-0.2, -0.15) is 13.2 Å². The summed E-state index contributed by atoms with van der Waals surface area (Å²) in [7, 11) is 0. The predicted molar refractivity (Wildman–Crippen MR) is 106 cm³/mol. The zero-order valence-electron chi connectivity index (χ0n) is 15.6. The number of benzene rings is 2. The number of hydrogen-bond acceptors (Lipinski definition) is 2. The molecule has 1 fully saturated rings. The lowest BCUT2D eigenvalue weighted by molar-refractivity contribution is -0.138. The molecular weight excluding hydrogens is 449 g/mol. The molecule has 1 aliphatic heterocycles. The topological polar surface area (TPSA) is 40.6 Å². The van der Waals surface area contributed by atoms with E-state index < -0.39 is 17.6 Å². The summed E-state index contributed by atoms with van der Waals surface area (Å²) >= 11 is 3.46. The van der Waals surface area contributed by atoms with Crippen LogP contribution in [0.15, 0.2) is 53.0 Å². The summed E-state index contributed by atoms with van der Waals surface area (Å²) in [5.74, 6) is -0.679. The normalized spacial score (nSPS) is 14.8. The summed E-state index contributed by atoms with van der Waals surface area (Å²) < 4.78 is 40.5. The molecule has 1 saturated heterocycles. The van der Waals surface area contributed by atoms with Crippen LogP contribution in [-0.4, -0.2) is 47.8 Å². The fraction of sp³-hybridized carbons (Fsp3) is 0.333. The van der Waals surface area contributed by atoms with Crippen LogP contribution in [0.4, 0.5) is 13.2 Å². The van der Waals surface area contributed by atoms with Gasteiger partial charge in [0.25, 0.3) is 5.91 Å². The van der Waals surface area contributed by atoms with Crippen molar-refractivity contribution in [3.05, 3.63) is 69.7 Å². The number of hydrogen-bond donors (Lipinski definition) is 0. The first-order valence-corrected chi connectivity index (χ1v) is 10.0. The van der Waals surface area contributed by atoms with Gasteiger partial charge in [0.2, 0.25) is 5.91 Å². The zero-order valence-corrected chi connectivity index (χ0v) is 17.2. The number of aryl methyl sites for hydroxylation is 1. The van der Waals surface area contributed by atoms with Crippen molar-refractivity contribution in [3.63, 3.8) is 0 Å². The molecule has 0 aliphatic carbocycles. The highest BCUT2D eigenvalue weighted by Gasteiger charge is 2.36. The van der Waals surface area contributed by atoms with Gasteiger partial charge in [0.15, 0.2) is 0 Å². The van der Waals surface area contributed by atoms with E-state index in [0.717, 1.165) is 16.1 Å². The van der Waals surface area contributed by atoms with E-state index >= 15 is 0 Å². The number of nitrogens with zero attached hydrogens (tertiary/aromatic N) is 2. The highest BCUT2D eigenvalue weighted by Crippen LogP contribution is 2.32. The van der Waals surface area contributed by atoms with E-state index in [1.807, 2.05) is 24.3 Å². The average molecular weight is 469 g/mol. The van der Waals surface area contributed by atoms with Gasteiger partial charge < -0.3 is 9.80 Å². The summed E-state index contributed by atoms with van der Waals surface area (Å²) in [5, 5.41) is 0. The molecule has 1 aliphatic rings. The van der Waals surface area contributed by atoms with Crippen LogP contribution in [0.25, 0.3) is 0 Å². The molecule has 0 atom stereocenters.